The molecule has 1 aliphatic carbocycles. The largest absolute Gasteiger partial charge is 0.495 e. The van der Waals surface area contributed by atoms with Crippen LogP contribution in [0.1, 0.15) is 38.2 Å². The molecule has 0 heterocycles. The van der Waals surface area contributed by atoms with Gasteiger partial charge < -0.3 is 10.1 Å². The third-order valence-electron chi connectivity index (χ3n) is 4.07. The van der Waals surface area contributed by atoms with Crippen LogP contribution in [0.25, 0.3) is 0 Å². The molecule has 19 heavy (non-hydrogen) atoms. The number of anilines is 1. The van der Waals surface area contributed by atoms with Crippen molar-refractivity contribution in [2.75, 3.05) is 19.0 Å². The molecule has 1 N–H and O–H groups in total. The SMILES string of the molecule is COc1cccc(C#N)c1NCC1CCC(C)CC1. The highest BCUT2D eigenvalue weighted by atomic mass is 16.5. The first-order valence-corrected chi connectivity index (χ1v) is 7.05. The van der Waals surface area contributed by atoms with Gasteiger partial charge >= 0.3 is 0 Å². The lowest BCUT2D eigenvalue weighted by Crippen LogP contribution is -2.20. The van der Waals surface area contributed by atoms with E-state index in [0.717, 1.165) is 23.9 Å². The number of methoxy groups -OCH3 is 1. The molecule has 1 fully saturated rings. The van der Waals surface area contributed by atoms with E-state index >= 15 is 0 Å². The predicted molar refractivity (Wildman–Crippen MR) is 77.3 cm³/mol. The number of para-hydroxylation sites is 1. The standard InChI is InChI=1S/C16H22N2O/c1-12-6-8-13(9-7-12)11-18-16-14(10-17)4-3-5-15(16)19-2/h3-5,12-13,18H,6-9,11H2,1-2H3. The van der Waals surface area contributed by atoms with Gasteiger partial charge in [-0.1, -0.05) is 25.8 Å². The van der Waals surface area contributed by atoms with Crippen LogP contribution in [0.5, 0.6) is 5.75 Å². The minimum absolute atomic E-state index is 0.656. The molecular formula is C16H22N2O. The smallest absolute Gasteiger partial charge is 0.143 e. The second-order valence-corrected chi connectivity index (χ2v) is 5.50. The molecule has 3 nitrogen and oxygen atoms in total. The quantitative estimate of drug-likeness (QED) is 0.893. The Morgan fingerprint density at radius 3 is 2.68 bits per heavy atom. The zero-order valence-corrected chi connectivity index (χ0v) is 11.8. The summed E-state index contributed by atoms with van der Waals surface area (Å²) in [5.74, 6) is 2.34. The molecule has 3 heteroatoms. The Hall–Kier alpha value is -1.69. The zero-order chi connectivity index (χ0) is 13.7. The lowest BCUT2D eigenvalue weighted by Gasteiger charge is -2.27. The first-order valence-electron chi connectivity index (χ1n) is 7.05. The van der Waals surface area contributed by atoms with Crippen LogP contribution in [0.15, 0.2) is 18.2 Å². The molecule has 0 aromatic heterocycles. The molecule has 1 aromatic rings. The van der Waals surface area contributed by atoms with E-state index in [1.54, 1.807) is 7.11 Å². The van der Waals surface area contributed by atoms with Crippen molar-refractivity contribution in [2.45, 2.75) is 32.6 Å². The van der Waals surface area contributed by atoms with Gasteiger partial charge in [-0.2, -0.15) is 5.26 Å². The van der Waals surface area contributed by atoms with Gasteiger partial charge in [0, 0.05) is 6.54 Å². The highest BCUT2D eigenvalue weighted by Crippen LogP contribution is 2.31. The van der Waals surface area contributed by atoms with Crippen molar-refractivity contribution in [1.82, 2.24) is 0 Å². The Balaban J connectivity index is 2.01. The fourth-order valence-electron chi connectivity index (χ4n) is 2.76. The lowest BCUT2D eigenvalue weighted by molar-refractivity contribution is 0.300. The van der Waals surface area contributed by atoms with E-state index in [1.165, 1.54) is 25.7 Å². The Kier molecular flexibility index (Phi) is 4.68. The van der Waals surface area contributed by atoms with E-state index in [2.05, 4.69) is 18.3 Å². The summed E-state index contributed by atoms with van der Waals surface area (Å²) in [6, 6.07) is 7.80. The summed E-state index contributed by atoms with van der Waals surface area (Å²) < 4.78 is 5.33. The average Bonchev–Trinajstić information content (AvgIpc) is 2.46. The van der Waals surface area contributed by atoms with E-state index < -0.39 is 0 Å². The second kappa shape index (κ2) is 6.47. The normalized spacial score (nSPS) is 22.6. The molecule has 0 aliphatic heterocycles. The van der Waals surface area contributed by atoms with Crippen LogP contribution in [0, 0.1) is 23.2 Å². The number of hydrogen-bond donors (Lipinski definition) is 1. The van der Waals surface area contributed by atoms with Gasteiger partial charge in [0.25, 0.3) is 0 Å². The molecule has 102 valence electrons. The van der Waals surface area contributed by atoms with Crippen LogP contribution in [0.4, 0.5) is 5.69 Å². The van der Waals surface area contributed by atoms with E-state index in [4.69, 9.17) is 10.00 Å². The first kappa shape index (κ1) is 13.7. The molecular weight excluding hydrogens is 236 g/mol. The van der Waals surface area contributed by atoms with Gasteiger partial charge in [-0.15, -0.1) is 0 Å². The molecule has 0 radical (unpaired) electrons. The van der Waals surface area contributed by atoms with Crippen LogP contribution < -0.4 is 10.1 Å². The van der Waals surface area contributed by atoms with E-state index in [1.807, 2.05) is 18.2 Å². The first-order chi connectivity index (χ1) is 9.24. The third kappa shape index (κ3) is 3.41. The van der Waals surface area contributed by atoms with Crippen molar-refractivity contribution in [2.24, 2.45) is 11.8 Å². The number of nitrogens with one attached hydrogen (secondary N) is 1. The van der Waals surface area contributed by atoms with Crippen LogP contribution in [-0.4, -0.2) is 13.7 Å². The summed E-state index contributed by atoms with van der Waals surface area (Å²) in [5.41, 5.74) is 1.50. The molecule has 0 bridgehead atoms. The van der Waals surface area contributed by atoms with Crippen molar-refractivity contribution in [1.29, 1.82) is 5.26 Å². The van der Waals surface area contributed by atoms with E-state index in [9.17, 15) is 0 Å². The van der Waals surface area contributed by atoms with Gasteiger partial charge in [0.15, 0.2) is 0 Å². The molecule has 0 atom stereocenters. The van der Waals surface area contributed by atoms with Gasteiger partial charge in [0.1, 0.15) is 11.8 Å². The lowest BCUT2D eigenvalue weighted by atomic mass is 9.83. The fraction of sp³-hybridized carbons (Fsp3) is 0.562. The van der Waals surface area contributed by atoms with Crippen molar-refractivity contribution >= 4 is 5.69 Å². The molecule has 2 rings (SSSR count). The number of hydrogen-bond acceptors (Lipinski definition) is 3. The maximum Gasteiger partial charge on any atom is 0.143 e. The molecule has 1 aromatic carbocycles. The fourth-order valence-corrected chi connectivity index (χ4v) is 2.76. The van der Waals surface area contributed by atoms with Gasteiger partial charge in [-0.25, -0.2) is 0 Å². The van der Waals surface area contributed by atoms with Crippen molar-refractivity contribution in [3.8, 4) is 11.8 Å². The minimum Gasteiger partial charge on any atom is -0.495 e. The van der Waals surface area contributed by atoms with E-state index in [0.29, 0.717) is 11.5 Å². The number of nitrogens with zero attached hydrogens (tertiary/aromatic N) is 1. The number of rotatable bonds is 4. The van der Waals surface area contributed by atoms with Crippen molar-refractivity contribution < 1.29 is 4.74 Å². The van der Waals surface area contributed by atoms with Gasteiger partial charge in [-0.3, -0.25) is 0 Å². The number of ether oxygens (including phenoxy) is 1. The second-order valence-electron chi connectivity index (χ2n) is 5.50. The van der Waals surface area contributed by atoms with Crippen molar-refractivity contribution in [3.05, 3.63) is 23.8 Å². The highest BCUT2D eigenvalue weighted by Gasteiger charge is 2.19. The third-order valence-corrected chi connectivity index (χ3v) is 4.07. The summed E-state index contributed by atoms with van der Waals surface area (Å²) in [5, 5.41) is 12.6. The molecule has 0 spiro atoms. The molecule has 0 amide bonds. The summed E-state index contributed by atoms with van der Waals surface area (Å²) in [7, 11) is 1.64. The number of nitriles is 1. The van der Waals surface area contributed by atoms with Gasteiger partial charge in [0.05, 0.1) is 18.4 Å². The minimum atomic E-state index is 0.656. The Morgan fingerprint density at radius 2 is 2.05 bits per heavy atom. The Labute approximate surface area is 115 Å². The highest BCUT2D eigenvalue weighted by molar-refractivity contribution is 5.66. The maximum absolute atomic E-state index is 9.16. The van der Waals surface area contributed by atoms with Crippen LogP contribution >= 0.6 is 0 Å². The summed E-state index contributed by atoms with van der Waals surface area (Å²) >= 11 is 0. The van der Waals surface area contributed by atoms with Crippen LogP contribution in [0.2, 0.25) is 0 Å². The zero-order valence-electron chi connectivity index (χ0n) is 11.8. The molecule has 1 aliphatic rings. The molecule has 0 saturated heterocycles. The Bertz CT molecular complexity index is 456. The average molecular weight is 258 g/mol. The topological polar surface area (TPSA) is 45.0 Å². The summed E-state index contributed by atoms with van der Waals surface area (Å²) in [6.45, 7) is 3.26. The van der Waals surface area contributed by atoms with Crippen LogP contribution in [0.3, 0.4) is 0 Å². The predicted octanol–water partition coefficient (Wildman–Crippen LogP) is 3.81. The van der Waals surface area contributed by atoms with Gasteiger partial charge in [-0.05, 0) is 36.8 Å². The summed E-state index contributed by atoms with van der Waals surface area (Å²) in [6.07, 6.45) is 5.21. The Morgan fingerprint density at radius 1 is 1.32 bits per heavy atom. The molecule has 0 unspecified atom stereocenters. The van der Waals surface area contributed by atoms with Crippen molar-refractivity contribution in [3.63, 3.8) is 0 Å². The summed E-state index contributed by atoms with van der Waals surface area (Å²) in [4.78, 5) is 0. The monoisotopic (exact) mass is 258 g/mol. The maximum atomic E-state index is 9.16. The van der Waals surface area contributed by atoms with E-state index in [-0.39, 0.29) is 0 Å². The molecule has 1 saturated carbocycles. The number of benzene rings is 1. The van der Waals surface area contributed by atoms with Gasteiger partial charge in [0.2, 0.25) is 0 Å². The van der Waals surface area contributed by atoms with Crippen LogP contribution in [-0.2, 0) is 0 Å².